The van der Waals surface area contributed by atoms with E-state index in [2.05, 4.69) is 23.2 Å². The van der Waals surface area contributed by atoms with Gasteiger partial charge in [-0.05, 0) is 25.8 Å². The third kappa shape index (κ3) is 3.13. The van der Waals surface area contributed by atoms with E-state index in [4.69, 9.17) is 9.15 Å². The van der Waals surface area contributed by atoms with E-state index in [-0.39, 0.29) is 0 Å². The highest BCUT2D eigenvalue weighted by Gasteiger charge is 2.22. The Labute approximate surface area is 108 Å². The maximum atomic E-state index is 5.59. The summed E-state index contributed by atoms with van der Waals surface area (Å²) in [5.74, 6) is 1.10. The largest absolute Gasteiger partial charge is 0.468 e. The van der Waals surface area contributed by atoms with Crippen molar-refractivity contribution in [1.82, 2.24) is 10.2 Å². The zero-order valence-corrected chi connectivity index (χ0v) is 11.0. The predicted octanol–water partition coefficient (Wildman–Crippen LogP) is 1.75. The van der Waals surface area contributed by atoms with Crippen LogP contribution in [-0.2, 0) is 17.8 Å². The average Bonchev–Trinajstić information content (AvgIpc) is 3.08. The highest BCUT2D eigenvalue weighted by molar-refractivity contribution is 5.17. The lowest BCUT2D eigenvalue weighted by Crippen LogP contribution is -2.40. The highest BCUT2D eigenvalue weighted by Crippen LogP contribution is 2.21. The molecular weight excluding hydrogens is 228 g/mol. The highest BCUT2D eigenvalue weighted by atomic mass is 16.5. The van der Waals surface area contributed by atoms with Crippen molar-refractivity contribution in [3.63, 3.8) is 0 Å². The van der Waals surface area contributed by atoms with E-state index in [0.717, 1.165) is 44.6 Å². The number of hydrogen-bond acceptors (Lipinski definition) is 4. The normalized spacial score (nSPS) is 25.5. The molecule has 2 aliphatic rings. The first-order chi connectivity index (χ1) is 8.81. The van der Waals surface area contributed by atoms with E-state index in [0.29, 0.717) is 6.10 Å². The fraction of sp³-hybridized carbons (Fsp3) is 0.714. The molecule has 1 saturated heterocycles. The quantitative estimate of drug-likeness (QED) is 0.864. The van der Waals surface area contributed by atoms with Gasteiger partial charge in [-0.3, -0.25) is 4.90 Å². The molecule has 1 N–H and O–H groups in total. The van der Waals surface area contributed by atoms with E-state index in [9.17, 15) is 0 Å². The molecular formula is C14H22N2O2. The van der Waals surface area contributed by atoms with Gasteiger partial charge in [0.1, 0.15) is 5.76 Å². The first-order valence-corrected chi connectivity index (χ1v) is 6.94. The zero-order chi connectivity index (χ0) is 12.4. The molecule has 3 rings (SSSR count). The van der Waals surface area contributed by atoms with Gasteiger partial charge in [0.25, 0.3) is 0 Å². The first kappa shape index (κ1) is 12.2. The van der Waals surface area contributed by atoms with E-state index in [1.165, 1.54) is 18.4 Å². The number of furan rings is 1. The Kier molecular flexibility index (Phi) is 3.68. The molecule has 0 aromatic carbocycles. The van der Waals surface area contributed by atoms with Gasteiger partial charge in [-0.2, -0.15) is 0 Å². The van der Waals surface area contributed by atoms with E-state index < -0.39 is 0 Å². The molecule has 1 saturated carbocycles. The molecule has 1 unspecified atom stereocenters. The Balaban J connectivity index is 1.55. The Morgan fingerprint density at radius 3 is 3.11 bits per heavy atom. The van der Waals surface area contributed by atoms with Gasteiger partial charge in [0.05, 0.1) is 25.5 Å². The SMILES string of the molecule is CC1CN(Cc2ccoc2CNC2CC2)CCO1. The molecule has 100 valence electrons. The fourth-order valence-electron chi connectivity index (χ4n) is 2.46. The Hall–Kier alpha value is -0.840. The Bertz CT molecular complexity index is 387. The molecule has 2 heterocycles. The fourth-order valence-corrected chi connectivity index (χ4v) is 2.46. The second-order valence-electron chi connectivity index (χ2n) is 5.44. The molecule has 1 aromatic rings. The van der Waals surface area contributed by atoms with Gasteiger partial charge in [-0.15, -0.1) is 0 Å². The summed E-state index contributed by atoms with van der Waals surface area (Å²) in [6.45, 7) is 6.86. The van der Waals surface area contributed by atoms with Crippen molar-refractivity contribution >= 4 is 0 Å². The van der Waals surface area contributed by atoms with Gasteiger partial charge in [-0.1, -0.05) is 0 Å². The number of rotatable bonds is 5. The van der Waals surface area contributed by atoms with Crippen molar-refractivity contribution in [1.29, 1.82) is 0 Å². The molecule has 0 amide bonds. The average molecular weight is 250 g/mol. The summed E-state index contributed by atoms with van der Waals surface area (Å²) in [7, 11) is 0. The molecule has 0 bridgehead atoms. The van der Waals surface area contributed by atoms with Crippen LogP contribution in [0.5, 0.6) is 0 Å². The van der Waals surface area contributed by atoms with Crippen LogP contribution in [0.3, 0.4) is 0 Å². The molecule has 1 atom stereocenters. The summed E-state index contributed by atoms with van der Waals surface area (Å²) in [5.41, 5.74) is 1.32. The van der Waals surface area contributed by atoms with Crippen LogP contribution in [0.25, 0.3) is 0 Å². The van der Waals surface area contributed by atoms with Gasteiger partial charge in [-0.25, -0.2) is 0 Å². The first-order valence-electron chi connectivity index (χ1n) is 6.94. The van der Waals surface area contributed by atoms with Crippen LogP contribution < -0.4 is 5.32 Å². The number of nitrogens with zero attached hydrogens (tertiary/aromatic N) is 1. The van der Waals surface area contributed by atoms with Crippen LogP contribution in [-0.4, -0.2) is 36.7 Å². The van der Waals surface area contributed by atoms with Crippen LogP contribution in [0.4, 0.5) is 0 Å². The Morgan fingerprint density at radius 1 is 1.44 bits per heavy atom. The van der Waals surface area contributed by atoms with Crippen LogP contribution in [0, 0.1) is 0 Å². The van der Waals surface area contributed by atoms with Crippen molar-refractivity contribution < 1.29 is 9.15 Å². The number of ether oxygens (including phenoxy) is 1. The third-order valence-corrected chi connectivity index (χ3v) is 3.69. The molecule has 4 heteroatoms. The van der Waals surface area contributed by atoms with E-state index in [1.807, 2.05) is 6.26 Å². The molecule has 0 spiro atoms. The van der Waals surface area contributed by atoms with E-state index >= 15 is 0 Å². The minimum Gasteiger partial charge on any atom is -0.468 e. The maximum absolute atomic E-state index is 5.59. The minimum atomic E-state index is 0.346. The van der Waals surface area contributed by atoms with Gasteiger partial charge in [0.15, 0.2) is 0 Å². The standard InChI is InChI=1S/C14H22N2O2/c1-11-9-16(5-7-17-11)10-12-4-6-18-14(12)8-15-13-2-3-13/h4,6,11,13,15H,2-3,5,7-10H2,1H3. The lowest BCUT2D eigenvalue weighted by molar-refractivity contribution is -0.0213. The summed E-state index contributed by atoms with van der Waals surface area (Å²) < 4.78 is 11.2. The van der Waals surface area contributed by atoms with Crippen molar-refractivity contribution in [2.24, 2.45) is 0 Å². The third-order valence-electron chi connectivity index (χ3n) is 3.69. The molecule has 18 heavy (non-hydrogen) atoms. The molecule has 2 fully saturated rings. The summed E-state index contributed by atoms with van der Waals surface area (Å²) in [6.07, 6.45) is 4.79. The topological polar surface area (TPSA) is 37.6 Å². The molecule has 1 aromatic heterocycles. The van der Waals surface area contributed by atoms with Gasteiger partial charge in [0.2, 0.25) is 0 Å². The van der Waals surface area contributed by atoms with Crippen LogP contribution in [0.1, 0.15) is 31.1 Å². The van der Waals surface area contributed by atoms with Crippen molar-refractivity contribution in [2.75, 3.05) is 19.7 Å². The predicted molar refractivity (Wildman–Crippen MR) is 69.3 cm³/mol. The second-order valence-corrected chi connectivity index (χ2v) is 5.44. The summed E-state index contributed by atoms with van der Waals surface area (Å²) in [5, 5.41) is 3.51. The maximum Gasteiger partial charge on any atom is 0.122 e. The van der Waals surface area contributed by atoms with Crippen molar-refractivity contribution in [3.05, 3.63) is 23.7 Å². The van der Waals surface area contributed by atoms with Crippen LogP contribution in [0.15, 0.2) is 16.7 Å². The summed E-state index contributed by atoms with van der Waals surface area (Å²) >= 11 is 0. The van der Waals surface area contributed by atoms with Gasteiger partial charge >= 0.3 is 0 Å². The van der Waals surface area contributed by atoms with Gasteiger partial charge < -0.3 is 14.5 Å². The lowest BCUT2D eigenvalue weighted by Gasteiger charge is -2.30. The van der Waals surface area contributed by atoms with Crippen molar-refractivity contribution in [3.8, 4) is 0 Å². The number of nitrogens with one attached hydrogen (secondary N) is 1. The molecule has 0 radical (unpaired) electrons. The lowest BCUT2D eigenvalue weighted by atomic mass is 10.2. The van der Waals surface area contributed by atoms with E-state index in [1.54, 1.807) is 0 Å². The smallest absolute Gasteiger partial charge is 0.122 e. The Morgan fingerprint density at radius 2 is 2.33 bits per heavy atom. The molecule has 1 aliphatic heterocycles. The van der Waals surface area contributed by atoms with Crippen LogP contribution in [0.2, 0.25) is 0 Å². The molecule has 1 aliphatic carbocycles. The van der Waals surface area contributed by atoms with Crippen LogP contribution >= 0.6 is 0 Å². The zero-order valence-electron chi connectivity index (χ0n) is 11.0. The number of hydrogen-bond donors (Lipinski definition) is 1. The molecule has 4 nitrogen and oxygen atoms in total. The monoisotopic (exact) mass is 250 g/mol. The second kappa shape index (κ2) is 5.43. The van der Waals surface area contributed by atoms with Crippen molar-refractivity contribution in [2.45, 2.75) is 45.0 Å². The number of morpholine rings is 1. The summed E-state index contributed by atoms with van der Waals surface area (Å²) in [6, 6.07) is 2.83. The minimum absolute atomic E-state index is 0.346. The summed E-state index contributed by atoms with van der Waals surface area (Å²) in [4.78, 5) is 2.44. The van der Waals surface area contributed by atoms with Gasteiger partial charge in [0, 0.05) is 31.2 Å².